The molecule has 0 fully saturated rings. The van der Waals surface area contributed by atoms with Crippen LogP contribution in [0, 0.1) is 23.7 Å². The number of aliphatic hydroxyl groups excluding tert-OH is 1. The minimum atomic E-state index is -0.899. The van der Waals surface area contributed by atoms with Crippen molar-refractivity contribution in [1.29, 1.82) is 0 Å². The summed E-state index contributed by atoms with van der Waals surface area (Å²) in [7, 11) is 0. The zero-order valence-corrected chi connectivity index (χ0v) is 14.1. The van der Waals surface area contributed by atoms with Crippen LogP contribution in [-0.4, -0.2) is 36.0 Å². The Hall–Kier alpha value is -2.90. The largest absolute Gasteiger partial charge is 0.388 e. The van der Waals surface area contributed by atoms with Crippen LogP contribution in [0.1, 0.15) is 20.8 Å². The van der Waals surface area contributed by atoms with Crippen molar-refractivity contribution < 1.29 is 14.7 Å². The lowest BCUT2D eigenvalue weighted by molar-refractivity contribution is -0.123. The third kappa shape index (κ3) is 5.59. The van der Waals surface area contributed by atoms with E-state index in [4.69, 9.17) is 10.8 Å². The summed E-state index contributed by atoms with van der Waals surface area (Å²) in [6.45, 7) is -0.735. The molecule has 1 amide bonds. The molecular formula is C19H16N2O3S. The Bertz CT molecular complexity index is 850. The molecule has 0 spiro atoms. The minimum absolute atomic E-state index is 0.0718. The maximum atomic E-state index is 12.1. The van der Waals surface area contributed by atoms with Gasteiger partial charge in [0, 0.05) is 17.7 Å². The van der Waals surface area contributed by atoms with Crippen LogP contribution < -0.4 is 11.1 Å². The van der Waals surface area contributed by atoms with Gasteiger partial charge in [-0.3, -0.25) is 9.59 Å². The van der Waals surface area contributed by atoms with E-state index in [9.17, 15) is 9.59 Å². The van der Waals surface area contributed by atoms with Crippen molar-refractivity contribution in [2.45, 2.75) is 6.04 Å². The van der Waals surface area contributed by atoms with Gasteiger partial charge in [0.05, 0.1) is 4.88 Å². The number of rotatable bonds is 5. The quantitative estimate of drug-likeness (QED) is 0.693. The van der Waals surface area contributed by atoms with Crippen molar-refractivity contribution in [3.63, 3.8) is 0 Å². The maximum Gasteiger partial charge on any atom is 0.251 e. The average molecular weight is 352 g/mol. The lowest BCUT2D eigenvalue weighted by Gasteiger charge is -2.14. The molecule has 0 aliphatic rings. The van der Waals surface area contributed by atoms with Gasteiger partial charge < -0.3 is 16.2 Å². The molecule has 1 atom stereocenters. The van der Waals surface area contributed by atoms with Crippen molar-refractivity contribution in [3.8, 4) is 23.7 Å². The number of nitrogens with one attached hydrogen (secondary N) is 1. The van der Waals surface area contributed by atoms with E-state index in [1.54, 1.807) is 35.6 Å². The van der Waals surface area contributed by atoms with Crippen LogP contribution in [-0.2, 0) is 4.79 Å². The van der Waals surface area contributed by atoms with Gasteiger partial charge in [-0.25, -0.2) is 0 Å². The maximum absolute atomic E-state index is 12.1. The van der Waals surface area contributed by atoms with E-state index in [1.165, 1.54) is 0 Å². The Balaban J connectivity index is 2.00. The molecule has 4 N–H and O–H groups in total. The van der Waals surface area contributed by atoms with E-state index >= 15 is 0 Å². The normalized spacial score (nSPS) is 10.6. The van der Waals surface area contributed by atoms with Crippen molar-refractivity contribution >= 4 is 23.0 Å². The fourth-order valence-electron chi connectivity index (χ4n) is 1.87. The standard InChI is InChI=1S/C19H16N2O3S/c20-12-17(18(23)13-22)21-19(24)15-9-7-14(8-10-15)4-1-2-5-16-6-3-11-25-16/h3,6-11,17,22H,12-13,20H2,(H,21,24)/t17-/m0/s1. The second-order valence-corrected chi connectivity index (χ2v) is 5.89. The molecule has 0 bridgehead atoms. The average Bonchev–Trinajstić information content (AvgIpc) is 3.16. The van der Waals surface area contributed by atoms with Crippen LogP contribution in [0.25, 0.3) is 0 Å². The first kappa shape index (κ1) is 18.4. The number of thiophene rings is 1. The Morgan fingerprint density at radius 1 is 1.16 bits per heavy atom. The van der Waals surface area contributed by atoms with E-state index in [0.717, 1.165) is 10.4 Å². The van der Waals surface area contributed by atoms with Crippen molar-refractivity contribution in [2.24, 2.45) is 5.73 Å². The number of carbonyl (C=O) groups is 2. The Morgan fingerprint density at radius 2 is 1.88 bits per heavy atom. The second kappa shape index (κ2) is 9.41. The number of carbonyl (C=O) groups excluding carboxylic acids is 2. The van der Waals surface area contributed by atoms with E-state index in [2.05, 4.69) is 29.0 Å². The molecule has 0 saturated carbocycles. The molecule has 1 aromatic carbocycles. The summed E-state index contributed by atoms with van der Waals surface area (Å²) in [6, 6.07) is 9.54. The van der Waals surface area contributed by atoms with Crippen LogP contribution in [0.3, 0.4) is 0 Å². The van der Waals surface area contributed by atoms with Gasteiger partial charge in [0.25, 0.3) is 5.91 Å². The minimum Gasteiger partial charge on any atom is -0.388 e. The van der Waals surface area contributed by atoms with Gasteiger partial charge in [-0.05, 0) is 53.5 Å². The van der Waals surface area contributed by atoms with Gasteiger partial charge in [0.1, 0.15) is 12.6 Å². The first-order valence-electron chi connectivity index (χ1n) is 7.44. The van der Waals surface area contributed by atoms with Crippen LogP contribution in [0.2, 0.25) is 0 Å². The summed E-state index contributed by atoms with van der Waals surface area (Å²) in [5.74, 6) is 10.4. The third-order valence-corrected chi connectivity index (χ3v) is 3.99. The van der Waals surface area contributed by atoms with E-state index in [-0.39, 0.29) is 6.54 Å². The van der Waals surface area contributed by atoms with Crippen LogP contribution in [0.4, 0.5) is 0 Å². The zero-order valence-electron chi connectivity index (χ0n) is 13.3. The van der Waals surface area contributed by atoms with E-state index in [1.807, 2.05) is 17.5 Å². The molecule has 2 rings (SSSR count). The molecule has 0 saturated heterocycles. The van der Waals surface area contributed by atoms with Gasteiger partial charge in [0.2, 0.25) is 0 Å². The van der Waals surface area contributed by atoms with Gasteiger partial charge in [-0.2, -0.15) is 0 Å². The molecule has 2 aromatic rings. The zero-order chi connectivity index (χ0) is 18.1. The fraction of sp³-hybridized carbons (Fsp3) is 0.158. The highest BCUT2D eigenvalue weighted by Crippen LogP contribution is 2.06. The molecule has 0 unspecified atom stereocenters. The van der Waals surface area contributed by atoms with Gasteiger partial charge >= 0.3 is 0 Å². The highest BCUT2D eigenvalue weighted by Gasteiger charge is 2.18. The number of ketones is 1. The number of hydrogen-bond donors (Lipinski definition) is 3. The summed E-state index contributed by atoms with van der Waals surface area (Å²) in [5, 5.41) is 13.3. The fourth-order valence-corrected chi connectivity index (χ4v) is 2.44. The second-order valence-electron chi connectivity index (χ2n) is 4.94. The van der Waals surface area contributed by atoms with Gasteiger partial charge in [-0.15, -0.1) is 11.3 Å². The molecule has 0 aliphatic heterocycles. The monoisotopic (exact) mass is 352 g/mol. The number of nitrogens with two attached hydrogens (primary N) is 1. The van der Waals surface area contributed by atoms with Crippen LogP contribution in [0.5, 0.6) is 0 Å². The molecule has 25 heavy (non-hydrogen) atoms. The third-order valence-electron chi connectivity index (χ3n) is 3.21. The predicted octanol–water partition coefficient (Wildman–Crippen LogP) is 0.770. The summed E-state index contributed by atoms with van der Waals surface area (Å²) >= 11 is 1.55. The van der Waals surface area contributed by atoms with E-state index in [0.29, 0.717) is 5.56 Å². The number of Topliss-reactive ketones (excluding diaryl/α,β-unsaturated/α-hetero) is 1. The molecule has 6 heteroatoms. The first-order chi connectivity index (χ1) is 12.1. The SMILES string of the molecule is NC[C@H](NC(=O)c1ccc(C#CC#Cc2cccs2)cc1)C(=O)CO. The molecule has 1 aromatic heterocycles. The topological polar surface area (TPSA) is 92.4 Å². The van der Waals surface area contributed by atoms with Crippen molar-refractivity contribution in [3.05, 3.63) is 57.8 Å². The molecule has 0 aliphatic carbocycles. The number of aliphatic hydroxyl groups is 1. The Labute approximate surface area is 149 Å². The molecule has 1 heterocycles. The molecule has 5 nitrogen and oxygen atoms in total. The summed E-state index contributed by atoms with van der Waals surface area (Å²) in [6.07, 6.45) is 0. The highest BCUT2D eigenvalue weighted by molar-refractivity contribution is 7.10. The van der Waals surface area contributed by atoms with Gasteiger partial charge in [0.15, 0.2) is 5.78 Å². The van der Waals surface area contributed by atoms with Crippen LogP contribution in [0.15, 0.2) is 41.8 Å². The predicted molar refractivity (Wildman–Crippen MR) is 96.9 cm³/mol. The van der Waals surface area contributed by atoms with Crippen molar-refractivity contribution in [1.82, 2.24) is 5.32 Å². The van der Waals surface area contributed by atoms with E-state index < -0.39 is 24.3 Å². The summed E-state index contributed by atoms with van der Waals surface area (Å²) < 4.78 is 0. The number of amides is 1. The Kier molecular flexibility index (Phi) is 6.94. The Morgan fingerprint density at radius 3 is 2.48 bits per heavy atom. The molecule has 0 radical (unpaired) electrons. The first-order valence-corrected chi connectivity index (χ1v) is 8.32. The summed E-state index contributed by atoms with van der Waals surface area (Å²) in [4.78, 5) is 24.5. The van der Waals surface area contributed by atoms with Crippen molar-refractivity contribution in [2.75, 3.05) is 13.2 Å². The number of benzene rings is 1. The number of hydrogen-bond acceptors (Lipinski definition) is 5. The smallest absolute Gasteiger partial charge is 0.251 e. The summed E-state index contributed by atoms with van der Waals surface area (Å²) in [5.41, 5.74) is 6.52. The van der Waals surface area contributed by atoms with Crippen LogP contribution >= 0.6 is 11.3 Å². The molecule has 126 valence electrons. The lowest BCUT2D eigenvalue weighted by Crippen LogP contribution is -2.46. The lowest BCUT2D eigenvalue weighted by atomic mass is 10.1. The highest BCUT2D eigenvalue weighted by atomic mass is 32.1. The van der Waals surface area contributed by atoms with Gasteiger partial charge in [-0.1, -0.05) is 12.0 Å². The molecular weight excluding hydrogens is 336 g/mol.